The molecule has 2 aromatic rings. The number of carbonyl (C=O) groups excluding carboxylic acids is 1. The second-order valence-corrected chi connectivity index (χ2v) is 9.21. The van der Waals surface area contributed by atoms with Crippen molar-refractivity contribution in [2.24, 2.45) is 0 Å². The molecule has 0 saturated heterocycles. The van der Waals surface area contributed by atoms with Crippen molar-refractivity contribution in [2.45, 2.75) is 31.7 Å². The largest absolute Gasteiger partial charge is 0.370 e. The summed E-state index contributed by atoms with van der Waals surface area (Å²) >= 11 is 6.17. The van der Waals surface area contributed by atoms with E-state index < -0.39 is 16.1 Å². The molecule has 2 N–H and O–H groups in total. The molecule has 0 heterocycles. The number of benzene rings is 2. The van der Waals surface area contributed by atoms with Crippen LogP contribution in [0.2, 0.25) is 5.02 Å². The summed E-state index contributed by atoms with van der Waals surface area (Å²) in [5.74, 6) is 0. The minimum Gasteiger partial charge on any atom is -0.370 e. The molecule has 164 valence electrons. The first-order chi connectivity index (χ1) is 14.2. The van der Waals surface area contributed by atoms with Gasteiger partial charge in [-0.25, -0.2) is 13.2 Å². The number of rotatable bonds is 9. The third-order valence-electron chi connectivity index (χ3n) is 4.91. The van der Waals surface area contributed by atoms with Crippen molar-refractivity contribution >= 4 is 39.0 Å². The Hall–Kier alpha value is -2.29. The van der Waals surface area contributed by atoms with Gasteiger partial charge in [-0.1, -0.05) is 43.6 Å². The molecule has 0 radical (unpaired) electrons. The minimum atomic E-state index is -3.65. The lowest BCUT2D eigenvalue weighted by atomic mass is 10.2. The van der Waals surface area contributed by atoms with Gasteiger partial charge in [-0.05, 0) is 37.3 Å². The molecule has 0 bridgehead atoms. The number of amides is 2. The summed E-state index contributed by atoms with van der Waals surface area (Å²) in [6.07, 6.45) is 0. The van der Waals surface area contributed by atoms with Crippen LogP contribution in [0.4, 0.5) is 16.2 Å². The van der Waals surface area contributed by atoms with Crippen LogP contribution in [0.3, 0.4) is 0 Å². The van der Waals surface area contributed by atoms with Gasteiger partial charge in [-0.2, -0.15) is 4.31 Å². The Morgan fingerprint density at radius 1 is 1.10 bits per heavy atom. The van der Waals surface area contributed by atoms with Crippen molar-refractivity contribution in [3.05, 3.63) is 53.6 Å². The zero-order valence-corrected chi connectivity index (χ0v) is 19.3. The summed E-state index contributed by atoms with van der Waals surface area (Å²) in [7, 11) is -1.69. The molecule has 7 nitrogen and oxygen atoms in total. The maximum Gasteiger partial charge on any atom is 0.319 e. The van der Waals surface area contributed by atoms with Gasteiger partial charge >= 0.3 is 6.03 Å². The highest BCUT2D eigenvalue weighted by Crippen LogP contribution is 2.27. The normalized spacial score (nSPS) is 12.5. The number of para-hydroxylation sites is 1. The van der Waals surface area contributed by atoms with E-state index in [0.717, 1.165) is 5.69 Å². The van der Waals surface area contributed by atoms with E-state index in [1.807, 2.05) is 44.3 Å². The molecule has 2 amide bonds. The van der Waals surface area contributed by atoms with Gasteiger partial charge < -0.3 is 15.5 Å². The van der Waals surface area contributed by atoms with Gasteiger partial charge in [-0.15, -0.1) is 0 Å². The fourth-order valence-corrected chi connectivity index (χ4v) is 4.58. The van der Waals surface area contributed by atoms with Crippen molar-refractivity contribution in [1.29, 1.82) is 0 Å². The number of nitrogens with one attached hydrogen (secondary N) is 2. The van der Waals surface area contributed by atoms with Crippen molar-refractivity contribution < 1.29 is 13.2 Å². The third-order valence-corrected chi connectivity index (χ3v) is 7.29. The van der Waals surface area contributed by atoms with E-state index in [1.165, 1.54) is 22.5 Å². The Bertz CT molecular complexity index is 950. The fraction of sp³-hybridized carbons (Fsp3) is 0.381. The predicted octanol–water partition coefficient (Wildman–Crippen LogP) is 4.02. The number of hydrogen-bond acceptors (Lipinski definition) is 4. The van der Waals surface area contributed by atoms with Crippen LogP contribution in [-0.2, 0) is 10.0 Å². The molecular weight excluding hydrogens is 424 g/mol. The molecule has 2 aromatic carbocycles. The van der Waals surface area contributed by atoms with E-state index in [4.69, 9.17) is 11.6 Å². The lowest BCUT2D eigenvalue weighted by Crippen LogP contribution is -2.41. The van der Waals surface area contributed by atoms with Crippen molar-refractivity contribution in [3.63, 3.8) is 0 Å². The Morgan fingerprint density at radius 2 is 1.73 bits per heavy atom. The van der Waals surface area contributed by atoms with Crippen LogP contribution in [-0.4, -0.2) is 51.5 Å². The molecule has 0 aliphatic carbocycles. The molecule has 0 fully saturated rings. The van der Waals surface area contributed by atoms with Gasteiger partial charge in [0.1, 0.15) is 0 Å². The van der Waals surface area contributed by atoms with Crippen LogP contribution in [0.5, 0.6) is 0 Å². The van der Waals surface area contributed by atoms with Crippen LogP contribution in [0.1, 0.15) is 20.8 Å². The smallest absolute Gasteiger partial charge is 0.319 e. The average molecular weight is 453 g/mol. The lowest BCUT2D eigenvalue weighted by molar-refractivity contribution is 0.251. The molecule has 0 aliphatic heterocycles. The number of likely N-dealkylation sites (N-methyl/N-ethyl adjacent to an activating group) is 1. The van der Waals surface area contributed by atoms with Crippen LogP contribution < -0.4 is 15.5 Å². The summed E-state index contributed by atoms with van der Waals surface area (Å²) in [5.41, 5.74) is 1.29. The first kappa shape index (κ1) is 24.0. The highest BCUT2D eigenvalue weighted by atomic mass is 35.5. The maximum absolute atomic E-state index is 12.7. The molecule has 30 heavy (non-hydrogen) atoms. The standard InChI is InChI=1S/C21H29ClN4O3S/c1-5-26(6-2)30(28,29)18-12-13-19(22)20(14-18)24-21(27)23-15-16(3)25(4)17-10-8-7-9-11-17/h7-14,16H,5-6,15H2,1-4H3,(H2,23,24,27). The molecule has 0 saturated carbocycles. The summed E-state index contributed by atoms with van der Waals surface area (Å²) in [6.45, 7) is 6.66. The number of urea groups is 1. The van der Waals surface area contributed by atoms with Gasteiger partial charge in [0.2, 0.25) is 10.0 Å². The number of nitrogens with zero attached hydrogens (tertiary/aromatic N) is 2. The lowest BCUT2D eigenvalue weighted by Gasteiger charge is -2.27. The van der Waals surface area contributed by atoms with Gasteiger partial charge in [0.25, 0.3) is 0 Å². The molecule has 1 atom stereocenters. The zero-order valence-electron chi connectivity index (χ0n) is 17.7. The second-order valence-electron chi connectivity index (χ2n) is 6.86. The number of anilines is 2. The molecule has 9 heteroatoms. The van der Waals surface area contributed by atoms with Gasteiger partial charge in [-0.3, -0.25) is 0 Å². The molecule has 0 aliphatic rings. The fourth-order valence-electron chi connectivity index (χ4n) is 2.93. The van der Waals surface area contributed by atoms with Crippen LogP contribution in [0, 0.1) is 0 Å². The number of carbonyl (C=O) groups is 1. The van der Waals surface area contributed by atoms with E-state index >= 15 is 0 Å². The number of sulfonamides is 1. The Kier molecular flexibility index (Phi) is 8.52. The number of hydrogen-bond donors (Lipinski definition) is 2. The van der Waals surface area contributed by atoms with Gasteiger partial charge in [0.15, 0.2) is 0 Å². The molecular formula is C21H29ClN4O3S. The van der Waals surface area contributed by atoms with E-state index in [9.17, 15) is 13.2 Å². The topological polar surface area (TPSA) is 81.8 Å². The summed E-state index contributed by atoms with van der Waals surface area (Å²) in [4.78, 5) is 14.5. The first-order valence-electron chi connectivity index (χ1n) is 9.83. The predicted molar refractivity (Wildman–Crippen MR) is 123 cm³/mol. The van der Waals surface area contributed by atoms with Gasteiger partial charge in [0, 0.05) is 38.4 Å². The Labute approximate surface area is 184 Å². The Morgan fingerprint density at radius 3 is 2.33 bits per heavy atom. The monoisotopic (exact) mass is 452 g/mol. The van der Waals surface area contributed by atoms with E-state index in [2.05, 4.69) is 15.5 Å². The van der Waals surface area contributed by atoms with Crippen LogP contribution in [0.15, 0.2) is 53.4 Å². The van der Waals surface area contributed by atoms with Gasteiger partial charge in [0.05, 0.1) is 15.6 Å². The zero-order chi connectivity index (χ0) is 22.3. The quantitative estimate of drug-likeness (QED) is 0.602. The summed E-state index contributed by atoms with van der Waals surface area (Å²) in [6, 6.07) is 13.7. The van der Waals surface area contributed by atoms with E-state index in [0.29, 0.717) is 19.6 Å². The summed E-state index contributed by atoms with van der Waals surface area (Å²) < 4.78 is 26.8. The summed E-state index contributed by atoms with van der Waals surface area (Å²) in [5, 5.41) is 5.71. The molecule has 0 spiro atoms. The van der Waals surface area contributed by atoms with E-state index in [1.54, 1.807) is 13.8 Å². The minimum absolute atomic E-state index is 0.0444. The highest BCUT2D eigenvalue weighted by molar-refractivity contribution is 7.89. The molecule has 1 unspecified atom stereocenters. The Balaban J connectivity index is 2.04. The molecule has 2 rings (SSSR count). The van der Waals surface area contributed by atoms with Crippen molar-refractivity contribution in [3.8, 4) is 0 Å². The first-order valence-corrected chi connectivity index (χ1v) is 11.6. The average Bonchev–Trinajstić information content (AvgIpc) is 2.74. The maximum atomic E-state index is 12.7. The SMILES string of the molecule is CCN(CC)S(=O)(=O)c1ccc(Cl)c(NC(=O)NCC(C)N(C)c2ccccc2)c1. The van der Waals surface area contributed by atoms with Crippen molar-refractivity contribution in [2.75, 3.05) is 36.9 Å². The highest BCUT2D eigenvalue weighted by Gasteiger charge is 2.23. The van der Waals surface area contributed by atoms with Crippen molar-refractivity contribution in [1.82, 2.24) is 9.62 Å². The van der Waals surface area contributed by atoms with Crippen LogP contribution in [0.25, 0.3) is 0 Å². The second kappa shape index (κ2) is 10.7. The number of halogens is 1. The van der Waals surface area contributed by atoms with E-state index in [-0.39, 0.29) is 21.6 Å². The third kappa shape index (κ3) is 5.87. The van der Waals surface area contributed by atoms with Crippen LogP contribution >= 0.6 is 11.6 Å². The molecule has 0 aromatic heterocycles.